The Morgan fingerprint density at radius 2 is 2.24 bits per heavy atom. The van der Waals surface area contributed by atoms with E-state index < -0.39 is 10.2 Å². The highest BCUT2D eigenvalue weighted by Crippen LogP contribution is 2.30. The number of nitrogens with one attached hydrogen (secondary N) is 1. The number of hydrogen-bond acceptors (Lipinski definition) is 4. The van der Waals surface area contributed by atoms with Gasteiger partial charge in [0.15, 0.2) is 0 Å². The van der Waals surface area contributed by atoms with Gasteiger partial charge in [0.2, 0.25) is 0 Å². The normalized spacial score (nSPS) is 20.2. The van der Waals surface area contributed by atoms with Gasteiger partial charge in [0.1, 0.15) is 5.75 Å². The van der Waals surface area contributed by atoms with Crippen molar-refractivity contribution in [1.82, 2.24) is 4.31 Å². The molecule has 1 unspecified atom stereocenters. The summed E-state index contributed by atoms with van der Waals surface area (Å²) in [4.78, 5) is 0. The lowest BCUT2D eigenvalue weighted by Gasteiger charge is -2.34. The van der Waals surface area contributed by atoms with Crippen LogP contribution in [0.25, 0.3) is 0 Å². The number of ether oxygens (including phenoxy) is 1. The van der Waals surface area contributed by atoms with Crippen LogP contribution in [0.15, 0.2) is 18.2 Å². The molecule has 1 heterocycles. The molecule has 1 aliphatic heterocycles. The molecule has 0 bridgehead atoms. The maximum absolute atomic E-state index is 12.6. The maximum Gasteiger partial charge on any atom is 0.302 e. The van der Waals surface area contributed by atoms with E-state index in [9.17, 15) is 8.42 Å². The topological polar surface area (TPSA) is 84.7 Å². The minimum atomic E-state index is -3.68. The van der Waals surface area contributed by atoms with Gasteiger partial charge in [-0.2, -0.15) is 12.7 Å². The zero-order valence-electron chi connectivity index (χ0n) is 11.9. The van der Waals surface area contributed by atoms with Crippen LogP contribution < -0.4 is 15.2 Å². The minimum absolute atomic E-state index is 0.165. The zero-order valence-corrected chi connectivity index (χ0v) is 13.5. The Labute approximate surface area is 130 Å². The quantitative estimate of drug-likeness (QED) is 0.860. The summed E-state index contributed by atoms with van der Waals surface area (Å²) in [5, 5.41) is 0.433. The Balaban J connectivity index is 2.26. The van der Waals surface area contributed by atoms with Crippen LogP contribution in [-0.2, 0) is 10.2 Å². The molecule has 2 rings (SSSR count). The van der Waals surface area contributed by atoms with Crippen LogP contribution in [0.2, 0.25) is 5.02 Å². The smallest absolute Gasteiger partial charge is 0.302 e. The number of hydrogen-bond donors (Lipinski definition) is 2. The van der Waals surface area contributed by atoms with Crippen molar-refractivity contribution in [2.24, 2.45) is 5.73 Å². The molecule has 0 saturated carbocycles. The number of nitrogens with two attached hydrogens (primary N) is 1. The van der Waals surface area contributed by atoms with Crippen LogP contribution in [-0.4, -0.2) is 39.0 Å². The minimum Gasteiger partial charge on any atom is -0.495 e. The van der Waals surface area contributed by atoms with Gasteiger partial charge in [-0.3, -0.25) is 4.72 Å². The molecule has 21 heavy (non-hydrogen) atoms. The summed E-state index contributed by atoms with van der Waals surface area (Å²) in [5.74, 6) is 0.421. The van der Waals surface area contributed by atoms with Crippen molar-refractivity contribution in [3.63, 3.8) is 0 Å². The van der Waals surface area contributed by atoms with E-state index in [1.54, 1.807) is 12.1 Å². The number of rotatable bonds is 5. The zero-order chi connectivity index (χ0) is 15.5. The van der Waals surface area contributed by atoms with E-state index in [0.29, 0.717) is 29.5 Å². The highest BCUT2D eigenvalue weighted by molar-refractivity contribution is 7.90. The third kappa shape index (κ3) is 3.79. The van der Waals surface area contributed by atoms with Gasteiger partial charge in [-0.25, -0.2) is 0 Å². The van der Waals surface area contributed by atoms with Gasteiger partial charge < -0.3 is 10.5 Å². The summed E-state index contributed by atoms with van der Waals surface area (Å²) < 4.78 is 34.3. The average molecular weight is 334 g/mol. The van der Waals surface area contributed by atoms with Gasteiger partial charge in [-0.05, 0) is 31.0 Å². The van der Waals surface area contributed by atoms with Gasteiger partial charge in [0.05, 0.1) is 12.8 Å². The molecule has 118 valence electrons. The molecule has 8 heteroatoms. The molecule has 1 atom stereocenters. The van der Waals surface area contributed by atoms with Crippen molar-refractivity contribution >= 4 is 27.5 Å². The second kappa shape index (κ2) is 6.83. The summed E-state index contributed by atoms with van der Waals surface area (Å²) in [7, 11) is -2.21. The second-order valence-corrected chi connectivity index (χ2v) is 7.01. The van der Waals surface area contributed by atoms with Gasteiger partial charge >= 0.3 is 10.2 Å². The summed E-state index contributed by atoms with van der Waals surface area (Å²) >= 11 is 5.92. The number of benzene rings is 1. The van der Waals surface area contributed by atoms with Crippen LogP contribution >= 0.6 is 11.6 Å². The van der Waals surface area contributed by atoms with E-state index >= 15 is 0 Å². The van der Waals surface area contributed by atoms with Crippen LogP contribution in [0.3, 0.4) is 0 Å². The fraction of sp³-hybridized carbons (Fsp3) is 0.538. The SMILES string of the molecule is COc1ccc(Cl)cc1NS(=O)(=O)N1CCCCC1CN. The molecule has 1 aliphatic rings. The molecule has 0 radical (unpaired) electrons. The summed E-state index contributed by atoms with van der Waals surface area (Å²) in [6.45, 7) is 0.785. The largest absolute Gasteiger partial charge is 0.495 e. The van der Waals surface area contributed by atoms with E-state index in [1.807, 2.05) is 0 Å². The standard InChI is InChI=1S/C13H20ClN3O3S/c1-20-13-6-5-10(14)8-12(13)16-21(18,19)17-7-3-2-4-11(17)9-15/h5-6,8,11,16H,2-4,7,9,15H2,1H3. The molecule has 0 spiro atoms. The maximum atomic E-state index is 12.6. The van der Waals surface area contributed by atoms with Crippen LogP contribution in [0.1, 0.15) is 19.3 Å². The number of halogens is 1. The highest BCUT2D eigenvalue weighted by Gasteiger charge is 2.31. The first-order valence-corrected chi connectivity index (χ1v) is 8.63. The van der Waals surface area contributed by atoms with Crippen molar-refractivity contribution < 1.29 is 13.2 Å². The van der Waals surface area contributed by atoms with Crippen LogP contribution in [0, 0.1) is 0 Å². The van der Waals surface area contributed by atoms with E-state index in [0.717, 1.165) is 19.3 Å². The number of piperidine rings is 1. The first kappa shape index (κ1) is 16.4. The fourth-order valence-electron chi connectivity index (χ4n) is 2.48. The van der Waals surface area contributed by atoms with Crippen molar-refractivity contribution in [2.75, 3.05) is 24.9 Å². The van der Waals surface area contributed by atoms with E-state index in [-0.39, 0.29) is 6.04 Å². The predicted molar refractivity (Wildman–Crippen MR) is 83.9 cm³/mol. The molecule has 0 amide bonds. The summed E-state index contributed by atoms with van der Waals surface area (Å²) in [6, 6.07) is 4.62. The number of anilines is 1. The molecule has 0 aliphatic carbocycles. The van der Waals surface area contributed by atoms with E-state index in [1.165, 1.54) is 17.5 Å². The Morgan fingerprint density at radius 1 is 1.48 bits per heavy atom. The molecule has 3 N–H and O–H groups in total. The number of methoxy groups -OCH3 is 1. The number of nitrogens with zero attached hydrogens (tertiary/aromatic N) is 1. The second-order valence-electron chi connectivity index (χ2n) is 4.95. The molecule has 1 aromatic rings. The molecule has 1 saturated heterocycles. The lowest BCUT2D eigenvalue weighted by atomic mass is 10.1. The van der Waals surface area contributed by atoms with E-state index in [2.05, 4.69) is 4.72 Å². The van der Waals surface area contributed by atoms with E-state index in [4.69, 9.17) is 22.1 Å². The van der Waals surface area contributed by atoms with Crippen LogP contribution in [0.4, 0.5) is 5.69 Å². The first-order chi connectivity index (χ1) is 9.97. The van der Waals surface area contributed by atoms with Gasteiger partial charge in [-0.1, -0.05) is 18.0 Å². The Bertz CT molecular complexity index is 594. The Kier molecular flexibility index (Phi) is 5.32. The predicted octanol–water partition coefficient (Wildman–Crippen LogP) is 1.82. The van der Waals surface area contributed by atoms with Crippen molar-refractivity contribution in [2.45, 2.75) is 25.3 Å². The third-order valence-electron chi connectivity index (χ3n) is 3.55. The molecular formula is C13H20ClN3O3S. The first-order valence-electron chi connectivity index (χ1n) is 6.81. The lowest BCUT2D eigenvalue weighted by Crippen LogP contribution is -2.49. The highest BCUT2D eigenvalue weighted by atomic mass is 35.5. The lowest BCUT2D eigenvalue weighted by molar-refractivity contribution is 0.259. The average Bonchev–Trinajstić information content (AvgIpc) is 2.47. The Hall–Kier alpha value is -1.02. The van der Waals surface area contributed by atoms with Crippen molar-refractivity contribution in [3.05, 3.63) is 23.2 Å². The van der Waals surface area contributed by atoms with Gasteiger partial charge in [0, 0.05) is 24.2 Å². The monoisotopic (exact) mass is 333 g/mol. The molecular weight excluding hydrogens is 314 g/mol. The molecule has 0 aromatic heterocycles. The Morgan fingerprint density at radius 3 is 2.90 bits per heavy atom. The molecule has 1 aromatic carbocycles. The summed E-state index contributed by atoms with van der Waals surface area (Å²) in [5.41, 5.74) is 6.01. The van der Waals surface area contributed by atoms with Gasteiger partial charge in [-0.15, -0.1) is 0 Å². The summed E-state index contributed by atoms with van der Waals surface area (Å²) in [6.07, 6.45) is 2.61. The van der Waals surface area contributed by atoms with Gasteiger partial charge in [0.25, 0.3) is 0 Å². The van der Waals surface area contributed by atoms with Crippen molar-refractivity contribution in [1.29, 1.82) is 0 Å². The third-order valence-corrected chi connectivity index (χ3v) is 5.37. The van der Waals surface area contributed by atoms with Crippen LogP contribution in [0.5, 0.6) is 5.75 Å². The van der Waals surface area contributed by atoms with Crippen molar-refractivity contribution in [3.8, 4) is 5.75 Å². The fourth-order valence-corrected chi connectivity index (χ4v) is 4.16. The molecule has 1 fully saturated rings. The molecule has 6 nitrogen and oxygen atoms in total.